The number of rotatable bonds is 6. The summed E-state index contributed by atoms with van der Waals surface area (Å²) in [5, 5.41) is 0.249. The number of benzene rings is 1. The van der Waals surface area contributed by atoms with Gasteiger partial charge in [-0.15, -0.1) is 0 Å². The first kappa shape index (κ1) is 18.7. The van der Waals surface area contributed by atoms with Gasteiger partial charge >= 0.3 is 11.9 Å². The SMILES string of the molecule is CCOC(=O)c1[nH]c(C)c(C(=O)COC(=O)c2ccccc2Cl)c1C. The number of Topliss-reactive ketones (excluding diaryl/α,β-unsaturated/α-hetero) is 1. The van der Waals surface area contributed by atoms with Crippen LogP contribution in [-0.4, -0.2) is 35.9 Å². The van der Waals surface area contributed by atoms with E-state index in [1.165, 1.54) is 6.07 Å². The van der Waals surface area contributed by atoms with E-state index in [0.717, 1.165) is 0 Å². The molecule has 0 fully saturated rings. The van der Waals surface area contributed by atoms with E-state index in [2.05, 4.69) is 4.98 Å². The molecule has 2 aromatic rings. The summed E-state index contributed by atoms with van der Waals surface area (Å²) in [6, 6.07) is 6.41. The molecule has 0 aliphatic rings. The molecule has 0 unspecified atom stereocenters. The molecular weight excluding hydrogens is 346 g/mol. The zero-order valence-electron chi connectivity index (χ0n) is 14.1. The molecule has 0 saturated heterocycles. The Bertz CT molecular complexity index is 825. The van der Waals surface area contributed by atoms with E-state index in [9.17, 15) is 14.4 Å². The number of hydrogen-bond donors (Lipinski definition) is 1. The molecule has 1 aromatic heterocycles. The van der Waals surface area contributed by atoms with Crippen LogP contribution >= 0.6 is 11.6 Å². The fraction of sp³-hybridized carbons (Fsp3) is 0.278. The van der Waals surface area contributed by atoms with Gasteiger partial charge in [0, 0.05) is 11.3 Å². The van der Waals surface area contributed by atoms with Crippen molar-refractivity contribution >= 4 is 29.3 Å². The van der Waals surface area contributed by atoms with Crippen LogP contribution in [0.4, 0.5) is 0 Å². The molecule has 0 bridgehead atoms. The highest BCUT2D eigenvalue weighted by Gasteiger charge is 2.23. The first-order valence-corrected chi connectivity index (χ1v) is 8.05. The number of carbonyl (C=O) groups excluding carboxylic acids is 3. The number of ether oxygens (including phenoxy) is 2. The largest absolute Gasteiger partial charge is 0.461 e. The van der Waals surface area contributed by atoms with Crippen molar-refractivity contribution in [3.05, 3.63) is 57.4 Å². The van der Waals surface area contributed by atoms with Crippen LogP contribution < -0.4 is 0 Å². The van der Waals surface area contributed by atoms with Gasteiger partial charge in [-0.25, -0.2) is 9.59 Å². The number of ketones is 1. The maximum absolute atomic E-state index is 12.4. The molecule has 1 heterocycles. The lowest BCUT2D eigenvalue weighted by molar-refractivity contribution is 0.0473. The predicted octanol–water partition coefficient (Wildman–Crippen LogP) is 3.50. The highest BCUT2D eigenvalue weighted by atomic mass is 35.5. The third kappa shape index (κ3) is 4.09. The fourth-order valence-electron chi connectivity index (χ4n) is 2.48. The van der Waals surface area contributed by atoms with Crippen LogP contribution in [0.3, 0.4) is 0 Å². The Morgan fingerprint density at radius 1 is 1.08 bits per heavy atom. The second-order valence-electron chi connectivity index (χ2n) is 5.32. The predicted molar refractivity (Wildman–Crippen MR) is 92.3 cm³/mol. The number of nitrogens with one attached hydrogen (secondary N) is 1. The van der Waals surface area contributed by atoms with Crippen LogP contribution in [0.25, 0.3) is 0 Å². The molecule has 132 valence electrons. The molecule has 0 spiro atoms. The second-order valence-corrected chi connectivity index (χ2v) is 5.73. The normalized spacial score (nSPS) is 10.4. The quantitative estimate of drug-likeness (QED) is 0.627. The molecule has 0 aliphatic heterocycles. The average molecular weight is 364 g/mol. The van der Waals surface area contributed by atoms with E-state index in [1.807, 2.05) is 0 Å². The Morgan fingerprint density at radius 3 is 2.40 bits per heavy atom. The number of halogens is 1. The number of aromatic nitrogens is 1. The lowest BCUT2D eigenvalue weighted by Gasteiger charge is -2.06. The zero-order valence-corrected chi connectivity index (χ0v) is 14.9. The van der Waals surface area contributed by atoms with Crippen LogP contribution in [0.15, 0.2) is 24.3 Å². The van der Waals surface area contributed by atoms with Crippen LogP contribution in [0.1, 0.15) is 49.4 Å². The number of hydrogen-bond acceptors (Lipinski definition) is 5. The van der Waals surface area contributed by atoms with Crippen molar-refractivity contribution in [2.45, 2.75) is 20.8 Å². The lowest BCUT2D eigenvalue weighted by atomic mass is 10.1. The van der Waals surface area contributed by atoms with Crippen LogP contribution in [0, 0.1) is 13.8 Å². The standard InChI is InChI=1S/C18H18ClNO5/c1-4-24-18(23)16-10(2)15(11(3)20-16)14(21)9-25-17(22)12-7-5-6-8-13(12)19/h5-8,20H,4,9H2,1-3H3. The minimum atomic E-state index is -0.685. The van der Waals surface area contributed by atoms with Crippen molar-refractivity contribution in [3.63, 3.8) is 0 Å². The van der Waals surface area contributed by atoms with Gasteiger partial charge in [-0.2, -0.15) is 0 Å². The van der Waals surface area contributed by atoms with E-state index < -0.39 is 24.3 Å². The van der Waals surface area contributed by atoms with E-state index in [1.54, 1.807) is 39.0 Å². The number of carbonyl (C=O) groups is 3. The molecule has 6 nitrogen and oxygen atoms in total. The fourth-order valence-corrected chi connectivity index (χ4v) is 2.70. The first-order valence-electron chi connectivity index (χ1n) is 7.67. The first-order chi connectivity index (χ1) is 11.9. The van der Waals surface area contributed by atoms with Gasteiger partial charge in [-0.05, 0) is 38.5 Å². The average Bonchev–Trinajstić information content (AvgIpc) is 2.87. The Labute approximate surface area is 150 Å². The summed E-state index contributed by atoms with van der Waals surface area (Å²) in [5.41, 5.74) is 1.70. The van der Waals surface area contributed by atoms with Crippen LogP contribution in [-0.2, 0) is 9.47 Å². The van der Waals surface area contributed by atoms with E-state index in [4.69, 9.17) is 21.1 Å². The van der Waals surface area contributed by atoms with Gasteiger partial charge < -0.3 is 14.5 Å². The molecule has 1 N–H and O–H groups in total. The molecule has 1 aromatic carbocycles. The Balaban J connectivity index is 2.13. The number of aromatic amines is 1. The summed E-state index contributed by atoms with van der Waals surface area (Å²) in [4.78, 5) is 39.2. The molecule has 0 amide bonds. The third-order valence-corrected chi connectivity index (χ3v) is 3.95. The van der Waals surface area contributed by atoms with Gasteiger partial charge in [0.2, 0.25) is 5.78 Å². The molecule has 0 saturated carbocycles. The topological polar surface area (TPSA) is 85.5 Å². The number of aryl methyl sites for hydroxylation is 1. The molecule has 25 heavy (non-hydrogen) atoms. The minimum Gasteiger partial charge on any atom is -0.461 e. The molecule has 0 atom stereocenters. The second kappa shape index (κ2) is 7.98. The minimum absolute atomic E-state index is 0.187. The summed E-state index contributed by atoms with van der Waals surface area (Å²) in [6.45, 7) is 4.78. The van der Waals surface area contributed by atoms with Crippen LogP contribution in [0.5, 0.6) is 0 Å². The van der Waals surface area contributed by atoms with Gasteiger partial charge in [0.15, 0.2) is 6.61 Å². The van der Waals surface area contributed by atoms with Crippen molar-refractivity contribution in [3.8, 4) is 0 Å². The number of esters is 2. The summed E-state index contributed by atoms with van der Waals surface area (Å²) >= 11 is 5.93. The smallest absolute Gasteiger partial charge is 0.355 e. The van der Waals surface area contributed by atoms with Crippen molar-refractivity contribution in [2.24, 2.45) is 0 Å². The van der Waals surface area contributed by atoms with E-state index in [0.29, 0.717) is 16.8 Å². The molecule has 0 radical (unpaired) electrons. The van der Waals surface area contributed by atoms with Crippen LogP contribution in [0.2, 0.25) is 5.02 Å². The van der Waals surface area contributed by atoms with E-state index >= 15 is 0 Å². The molecule has 2 rings (SSSR count). The Hall–Kier alpha value is -2.60. The Kier molecular flexibility index (Phi) is 5.98. The van der Waals surface area contributed by atoms with Crippen molar-refractivity contribution in [1.82, 2.24) is 4.98 Å². The molecular formula is C18H18ClNO5. The van der Waals surface area contributed by atoms with Crippen molar-refractivity contribution in [1.29, 1.82) is 0 Å². The highest BCUT2D eigenvalue weighted by molar-refractivity contribution is 6.33. The lowest BCUT2D eigenvalue weighted by Crippen LogP contribution is -2.16. The Morgan fingerprint density at radius 2 is 1.76 bits per heavy atom. The summed E-state index contributed by atoms with van der Waals surface area (Å²) in [7, 11) is 0. The highest BCUT2D eigenvalue weighted by Crippen LogP contribution is 2.20. The maximum atomic E-state index is 12.4. The van der Waals surface area contributed by atoms with Gasteiger partial charge in [0.05, 0.1) is 17.2 Å². The van der Waals surface area contributed by atoms with E-state index in [-0.39, 0.29) is 22.9 Å². The monoisotopic (exact) mass is 363 g/mol. The van der Waals surface area contributed by atoms with Gasteiger partial charge in [0.1, 0.15) is 5.69 Å². The summed E-state index contributed by atoms with van der Waals surface area (Å²) in [5.74, 6) is -1.63. The third-order valence-electron chi connectivity index (χ3n) is 3.62. The summed E-state index contributed by atoms with van der Waals surface area (Å²) in [6.07, 6.45) is 0. The van der Waals surface area contributed by atoms with Crippen molar-refractivity contribution < 1.29 is 23.9 Å². The van der Waals surface area contributed by atoms with Gasteiger partial charge in [-0.3, -0.25) is 4.79 Å². The number of H-pyrrole nitrogens is 1. The summed E-state index contributed by atoms with van der Waals surface area (Å²) < 4.78 is 9.99. The maximum Gasteiger partial charge on any atom is 0.355 e. The van der Waals surface area contributed by atoms with Crippen molar-refractivity contribution in [2.75, 3.05) is 13.2 Å². The molecule has 7 heteroatoms. The zero-order chi connectivity index (χ0) is 18.6. The van der Waals surface area contributed by atoms with Gasteiger partial charge in [0.25, 0.3) is 0 Å². The molecule has 0 aliphatic carbocycles. The van der Waals surface area contributed by atoms with Gasteiger partial charge in [-0.1, -0.05) is 23.7 Å².